The van der Waals surface area contributed by atoms with E-state index in [2.05, 4.69) is 31.4 Å². The molecule has 27 heavy (non-hydrogen) atoms. The van der Waals surface area contributed by atoms with Gasteiger partial charge in [-0.2, -0.15) is 5.26 Å². The molecule has 0 fully saturated rings. The summed E-state index contributed by atoms with van der Waals surface area (Å²) >= 11 is 0. The summed E-state index contributed by atoms with van der Waals surface area (Å²) in [6, 6.07) is 14.9. The highest BCUT2D eigenvalue weighted by Gasteiger charge is 2.17. The average molecular weight is 364 g/mol. The van der Waals surface area contributed by atoms with Gasteiger partial charge in [0.05, 0.1) is 4.92 Å². The van der Waals surface area contributed by atoms with Gasteiger partial charge >= 0.3 is 0 Å². The maximum atomic E-state index is 12.3. The Labute approximate surface area is 157 Å². The Balaban J connectivity index is 2.16. The van der Waals surface area contributed by atoms with Crippen LogP contribution in [0.3, 0.4) is 0 Å². The zero-order valence-corrected chi connectivity index (χ0v) is 15.3. The number of nitrogens with zero attached hydrogens (tertiary/aromatic N) is 2. The fourth-order valence-electron chi connectivity index (χ4n) is 2.43. The van der Waals surface area contributed by atoms with Crippen LogP contribution < -0.4 is 10.6 Å². The lowest BCUT2D eigenvalue weighted by atomic mass is 9.86. The van der Waals surface area contributed by atoms with E-state index >= 15 is 0 Å². The minimum Gasteiger partial charge on any atom is -0.360 e. The van der Waals surface area contributed by atoms with E-state index in [-0.39, 0.29) is 16.7 Å². The second-order valence-corrected chi connectivity index (χ2v) is 6.87. The number of hydrogen-bond acceptors (Lipinski definition) is 5. The molecule has 7 heteroatoms. The third-order valence-corrected chi connectivity index (χ3v) is 3.81. The van der Waals surface area contributed by atoms with Crippen molar-refractivity contribution in [1.29, 1.82) is 5.26 Å². The van der Waals surface area contributed by atoms with Crippen LogP contribution in [0.15, 0.2) is 60.3 Å². The van der Waals surface area contributed by atoms with Crippen LogP contribution in [0.1, 0.15) is 26.3 Å². The van der Waals surface area contributed by atoms with Gasteiger partial charge in [0.1, 0.15) is 11.6 Å². The number of carbonyl (C=O) groups excluding carboxylic acids is 1. The molecule has 138 valence electrons. The number of hydrogen-bond donors (Lipinski definition) is 2. The molecular weight excluding hydrogens is 344 g/mol. The van der Waals surface area contributed by atoms with Crippen LogP contribution in [0.4, 0.5) is 17.1 Å². The van der Waals surface area contributed by atoms with Crippen molar-refractivity contribution < 1.29 is 9.72 Å². The number of anilines is 2. The Kier molecular flexibility index (Phi) is 5.93. The zero-order valence-electron chi connectivity index (χ0n) is 15.3. The molecular formula is C20H20N4O3. The Morgan fingerprint density at radius 1 is 1.15 bits per heavy atom. The van der Waals surface area contributed by atoms with E-state index in [0.717, 1.165) is 11.3 Å². The van der Waals surface area contributed by atoms with Crippen molar-refractivity contribution in [2.24, 2.45) is 0 Å². The summed E-state index contributed by atoms with van der Waals surface area (Å²) in [6.45, 7) is 6.22. The van der Waals surface area contributed by atoms with Gasteiger partial charge in [-0.3, -0.25) is 14.9 Å². The number of rotatable bonds is 5. The van der Waals surface area contributed by atoms with Crippen LogP contribution in [0.2, 0.25) is 0 Å². The largest absolute Gasteiger partial charge is 0.360 e. The molecule has 0 spiro atoms. The predicted octanol–water partition coefficient (Wildman–Crippen LogP) is 4.35. The molecule has 2 N–H and O–H groups in total. The summed E-state index contributed by atoms with van der Waals surface area (Å²) < 4.78 is 0. The summed E-state index contributed by atoms with van der Waals surface area (Å²) in [5.74, 6) is -0.605. The standard InChI is InChI=1S/C20H20N4O3/c1-20(2,3)17-6-4-5-7-18(17)22-13-14(12-21)19(25)23-15-8-10-16(11-9-15)24(26)27/h4-11,13,22H,1-3H3,(H,23,25)/b14-13-. The lowest BCUT2D eigenvalue weighted by Crippen LogP contribution is -2.16. The Morgan fingerprint density at radius 3 is 2.33 bits per heavy atom. The second kappa shape index (κ2) is 8.15. The number of nitrogens with one attached hydrogen (secondary N) is 2. The normalized spacial score (nSPS) is 11.4. The van der Waals surface area contributed by atoms with E-state index < -0.39 is 10.8 Å². The highest BCUT2D eigenvalue weighted by Crippen LogP contribution is 2.29. The van der Waals surface area contributed by atoms with Gasteiger partial charge in [0.2, 0.25) is 0 Å². The first-order chi connectivity index (χ1) is 12.7. The molecule has 7 nitrogen and oxygen atoms in total. The monoisotopic (exact) mass is 364 g/mol. The summed E-state index contributed by atoms with van der Waals surface area (Å²) in [5.41, 5.74) is 1.92. The van der Waals surface area contributed by atoms with Gasteiger partial charge in [-0.1, -0.05) is 39.0 Å². The summed E-state index contributed by atoms with van der Waals surface area (Å²) in [7, 11) is 0. The first-order valence-corrected chi connectivity index (χ1v) is 8.24. The van der Waals surface area contributed by atoms with Crippen LogP contribution in [-0.2, 0) is 10.2 Å². The van der Waals surface area contributed by atoms with Crippen LogP contribution in [0.5, 0.6) is 0 Å². The van der Waals surface area contributed by atoms with Crippen molar-refractivity contribution >= 4 is 23.0 Å². The van der Waals surface area contributed by atoms with E-state index in [4.69, 9.17) is 0 Å². The highest BCUT2D eigenvalue weighted by molar-refractivity contribution is 6.06. The van der Waals surface area contributed by atoms with Crippen LogP contribution in [0, 0.1) is 21.4 Å². The molecule has 0 aliphatic carbocycles. The molecule has 2 aromatic carbocycles. The number of nitriles is 1. The minimum absolute atomic E-state index is 0.0792. The van der Waals surface area contributed by atoms with Crippen molar-refractivity contribution in [3.8, 4) is 6.07 Å². The van der Waals surface area contributed by atoms with Gasteiger partial charge in [0.15, 0.2) is 0 Å². The molecule has 0 saturated carbocycles. The Bertz CT molecular complexity index is 919. The van der Waals surface area contributed by atoms with Crippen molar-refractivity contribution in [2.75, 3.05) is 10.6 Å². The van der Waals surface area contributed by atoms with E-state index in [1.807, 2.05) is 30.3 Å². The topological polar surface area (TPSA) is 108 Å². The number of benzene rings is 2. The molecule has 0 unspecified atom stereocenters. The average Bonchev–Trinajstić information content (AvgIpc) is 2.62. The molecule has 0 heterocycles. The number of nitro groups is 1. The maximum Gasteiger partial charge on any atom is 0.269 e. The second-order valence-electron chi connectivity index (χ2n) is 6.87. The third-order valence-electron chi connectivity index (χ3n) is 3.81. The van der Waals surface area contributed by atoms with Crippen LogP contribution in [0.25, 0.3) is 0 Å². The Morgan fingerprint density at radius 2 is 1.78 bits per heavy atom. The number of amides is 1. The van der Waals surface area contributed by atoms with E-state index in [1.165, 1.54) is 30.5 Å². The first kappa shape index (κ1) is 19.7. The zero-order chi connectivity index (χ0) is 20.0. The maximum absolute atomic E-state index is 12.3. The SMILES string of the molecule is CC(C)(C)c1ccccc1N/C=C(/C#N)C(=O)Nc1ccc([N+](=O)[O-])cc1. The summed E-state index contributed by atoms with van der Waals surface area (Å²) in [5, 5.41) is 25.5. The van der Waals surface area contributed by atoms with Gasteiger partial charge in [0.25, 0.3) is 11.6 Å². The van der Waals surface area contributed by atoms with Crippen molar-refractivity contribution in [3.63, 3.8) is 0 Å². The number of non-ortho nitro benzene ring substituents is 1. The lowest BCUT2D eigenvalue weighted by Gasteiger charge is -2.22. The molecule has 1 amide bonds. The predicted molar refractivity (Wildman–Crippen MR) is 104 cm³/mol. The van der Waals surface area contributed by atoms with Gasteiger partial charge in [-0.25, -0.2) is 0 Å². The van der Waals surface area contributed by atoms with E-state index in [9.17, 15) is 20.2 Å². The lowest BCUT2D eigenvalue weighted by molar-refractivity contribution is -0.384. The molecule has 2 rings (SSSR count). The van der Waals surface area contributed by atoms with Gasteiger partial charge in [0, 0.05) is 29.7 Å². The number of carbonyl (C=O) groups is 1. The van der Waals surface area contributed by atoms with Crippen molar-refractivity contribution in [1.82, 2.24) is 0 Å². The molecule has 0 aliphatic rings. The van der Waals surface area contributed by atoms with Crippen molar-refractivity contribution in [2.45, 2.75) is 26.2 Å². The number of para-hydroxylation sites is 1. The molecule has 0 saturated heterocycles. The third kappa shape index (κ3) is 5.16. The number of nitro benzene ring substituents is 1. The van der Waals surface area contributed by atoms with Crippen molar-refractivity contribution in [3.05, 3.63) is 76.0 Å². The Hall–Kier alpha value is -3.66. The van der Waals surface area contributed by atoms with Gasteiger partial charge in [-0.15, -0.1) is 0 Å². The highest BCUT2D eigenvalue weighted by atomic mass is 16.6. The molecule has 0 atom stereocenters. The fourth-order valence-corrected chi connectivity index (χ4v) is 2.43. The fraction of sp³-hybridized carbons (Fsp3) is 0.200. The molecule has 0 bridgehead atoms. The van der Waals surface area contributed by atoms with Gasteiger partial charge < -0.3 is 10.6 Å². The van der Waals surface area contributed by atoms with E-state index in [0.29, 0.717) is 5.69 Å². The van der Waals surface area contributed by atoms with E-state index in [1.54, 1.807) is 0 Å². The van der Waals surface area contributed by atoms with Crippen LogP contribution in [-0.4, -0.2) is 10.8 Å². The summed E-state index contributed by atoms with van der Waals surface area (Å²) in [6.07, 6.45) is 1.35. The molecule has 0 aromatic heterocycles. The van der Waals surface area contributed by atoms with Gasteiger partial charge in [-0.05, 0) is 29.2 Å². The molecule has 0 aliphatic heterocycles. The van der Waals surface area contributed by atoms with Crippen LogP contribution >= 0.6 is 0 Å². The molecule has 0 radical (unpaired) electrons. The molecule has 2 aromatic rings. The minimum atomic E-state index is -0.605. The first-order valence-electron chi connectivity index (χ1n) is 8.24. The quantitative estimate of drug-likeness (QED) is 0.355. The summed E-state index contributed by atoms with van der Waals surface area (Å²) in [4.78, 5) is 22.4. The smallest absolute Gasteiger partial charge is 0.269 e.